The summed E-state index contributed by atoms with van der Waals surface area (Å²) in [6.07, 6.45) is 0. The fourth-order valence-corrected chi connectivity index (χ4v) is 2.61. The number of fused-ring (bicyclic) bond motifs is 1. The van der Waals surface area contributed by atoms with E-state index in [1.807, 2.05) is 18.2 Å². The van der Waals surface area contributed by atoms with E-state index in [0.29, 0.717) is 33.2 Å². The van der Waals surface area contributed by atoms with Gasteiger partial charge >= 0.3 is 0 Å². The second kappa shape index (κ2) is 6.78. The van der Waals surface area contributed by atoms with Gasteiger partial charge in [-0.25, -0.2) is 4.98 Å². The largest absolute Gasteiger partial charge is 0.454 e. The first-order valence-corrected chi connectivity index (χ1v) is 7.95. The number of thiocarbonyl (C=S) groups is 1. The molecule has 0 radical (unpaired) electrons. The van der Waals surface area contributed by atoms with Crippen LogP contribution in [0.25, 0.3) is 0 Å². The van der Waals surface area contributed by atoms with Crippen molar-refractivity contribution in [3.63, 3.8) is 0 Å². The number of aromatic nitrogens is 1. The number of anilines is 1. The van der Waals surface area contributed by atoms with Crippen molar-refractivity contribution in [2.45, 2.75) is 13.5 Å². The van der Waals surface area contributed by atoms with Crippen LogP contribution in [0, 0.1) is 6.92 Å². The molecule has 8 heteroatoms. The summed E-state index contributed by atoms with van der Waals surface area (Å²) in [5.74, 6) is 1.96. The van der Waals surface area contributed by atoms with E-state index >= 15 is 0 Å². The Morgan fingerprint density at radius 2 is 2.00 bits per heavy atom. The summed E-state index contributed by atoms with van der Waals surface area (Å²) in [7, 11) is 0. The van der Waals surface area contributed by atoms with Crippen molar-refractivity contribution in [3.8, 4) is 11.5 Å². The molecule has 0 spiro atoms. The van der Waals surface area contributed by atoms with E-state index in [1.54, 1.807) is 13.0 Å². The molecule has 0 unspecified atom stereocenters. The molecule has 0 saturated carbocycles. The Labute approximate surface area is 148 Å². The Bertz CT molecular complexity index is 771. The average molecular weight is 370 g/mol. The Hall–Kier alpha value is -1.76. The summed E-state index contributed by atoms with van der Waals surface area (Å²) in [5.41, 5.74) is 1.70. The van der Waals surface area contributed by atoms with Crippen molar-refractivity contribution >= 4 is 46.4 Å². The molecule has 1 aliphatic heterocycles. The van der Waals surface area contributed by atoms with Crippen LogP contribution in [0.2, 0.25) is 10.0 Å². The summed E-state index contributed by atoms with van der Waals surface area (Å²) >= 11 is 17.3. The van der Waals surface area contributed by atoms with Crippen molar-refractivity contribution in [1.82, 2.24) is 10.3 Å². The number of aryl methyl sites for hydroxylation is 1. The van der Waals surface area contributed by atoms with Crippen molar-refractivity contribution in [3.05, 3.63) is 45.6 Å². The Kier molecular flexibility index (Phi) is 4.75. The lowest BCUT2D eigenvalue weighted by molar-refractivity contribution is 0.174. The molecule has 1 aliphatic rings. The first-order valence-electron chi connectivity index (χ1n) is 6.79. The van der Waals surface area contributed by atoms with Crippen LogP contribution in [0.5, 0.6) is 11.5 Å². The molecule has 0 bridgehead atoms. The molecule has 0 aliphatic carbocycles. The predicted octanol–water partition coefficient (Wildman–Crippen LogP) is 3.91. The van der Waals surface area contributed by atoms with Crippen molar-refractivity contribution in [2.24, 2.45) is 0 Å². The van der Waals surface area contributed by atoms with Gasteiger partial charge in [0.25, 0.3) is 0 Å². The molecule has 0 atom stereocenters. The molecule has 3 rings (SSSR count). The fraction of sp³-hybridized carbons (Fsp3) is 0.200. The van der Waals surface area contributed by atoms with Gasteiger partial charge in [-0.3, -0.25) is 0 Å². The zero-order chi connectivity index (χ0) is 16.4. The number of benzene rings is 1. The smallest absolute Gasteiger partial charge is 0.231 e. The number of nitrogens with one attached hydrogen (secondary N) is 2. The fourth-order valence-electron chi connectivity index (χ4n) is 2.03. The zero-order valence-electron chi connectivity index (χ0n) is 12.2. The number of pyridine rings is 1. The molecule has 5 nitrogen and oxygen atoms in total. The van der Waals surface area contributed by atoms with Gasteiger partial charge < -0.3 is 20.1 Å². The van der Waals surface area contributed by atoms with Crippen LogP contribution < -0.4 is 20.1 Å². The Morgan fingerprint density at radius 3 is 2.83 bits per heavy atom. The van der Waals surface area contributed by atoms with Gasteiger partial charge in [0.1, 0.15) is 0 Å². The normalized spacial score (nSPS) is 12.1. The van der Waals surface area contributed by atoms with Gasteiger partial charge in [-0.05, 0) is 42.9 Å². The van der Waals surface area contributed by atoms with Gasteiger partial charge in [0.05, 0.1) is 15.7 Å². The number of ether oxygens (including phenoxy) is 2. The standard InChI is InChI=1S/C15H13Cl2N3O2S/c1-8-10(16)5-11(17)14(19-8)20-15(23)18-6-9-2-3-12-13(4-9)22-7-21-12/h2-5H,6-7H2,1H3,(H2,18,19,20,23). The van der Waals surface area contributed by atoms with Crippen LogP contribution in [0.15, 0.2) is 24.3 Å². The second-order valence-electron chi connectivity index (χ2n) is 4.88. The maximum absolute atomic E-state index is 6.10. The van der Waals surface area contributed by atoms with E-state index < -0.39 is 0 Å². The van der Waals surface area contributed by atoms with E-state index in [9.17, 15) is 0 Å². The Balaban J connectivity index is 1.61. The zero-order valence-corrected chi connectivity index (χ0v) is 14.5. The molecule has 2 heterocycles. The number of rotatable bonds is 3. The van der Waals surface area contributed by atoms with Crippen LogP contribution in [0.1, 0.15) is 11.3 Å². The van der Waals surface area contributed by atoms with Crippen molar-refractivity contribution in [1.29, 1.82) is 0 Å². The molecule has 1 aromatic heterocycles. The molecule has 120 valence electrons. The van der Waals surface area contributed by atoms with E-state index in [1.165, 1.54) is 0 Å². The highest BCUT2D eigenvalue weighted by Crippen LogP contribution is 2.32. The van der Waals surface area contributed by atoms with Gasteiger partial charge in [0, 0.05) is 6.54 Å². The summed E-state index contributed by atoms with van der Waals surface area (Å²) in [6.45, 7) is 2.59. The molecule has 0 fully saturated rings. The second-order valence-corrected chi connectivity index (χ2v) is 6.10. The maximum Gasteiger partial charge on any atom is 0.231 e. The highest BCUT2D eigenvalue weighted by atomic mass is 35.5. The molecule has 1 aromatic carbocycles. The Morgan fingerprint density at radius 1 is 1.22 bits per heavy atom. The minimum absolute atomic E-state index is 0.256. The van der Waals surface area contributed by atoms with Crippen LogP contribution in [0.4, 0.5) is 5.82 Å². The minimum atomic E-state index is 0.256. The number of nitrogens with zero attached hydrogens (tertiary/aromatic N) is 1. The molecule has 2 aromatic rings. The van der Waals surface area contributed by atoms with Gasteiger partial charge in [-0.2, -0.15) is 0 Å². The van der Waals surface area contributed by atoms with E-state index in [2.05, 4.69) is 15.6 Å². The number of halogens is 2. The van der Waals surface area contributed by atoms with Crippen molar-refractivity contribution in [2.75, 3.05) is 12.1 Å². The molecular weight excluding hydrogens is 357 g/mol. The summed E-state index contributed by atoms with van der Waals surface area (Å²) in [5, 5.41) is 7.40. The van der Waals surface area contributed by atoms with Crippen LogP contribution in [0.3, 0.4) is 0 Å². The van der Waals surface area contributed by atoms with E-state index in [-0.39, 0.29) is 6.79 Å². The van der Waals surface area contributed by atoms with Gasteiger partial charge in [-0.1, -0.05) is 29.3 Å². The topological polar surface area (TPSA) is 55.4 Å². The van der Waals surface area contributed by atoms with E-state index in [0.717, 1.165) is 17.1 Å². The van der Waals surface area contributed by atoms with Crippen LogP contribution >= 0.6 is 35.4 Å². The summed E-state index contributed by atoms with van der Waals surface area (Å²) in [6, 6.07) is 7.36. The lowest BCUT2D eigenvalue weighted by atomic mass is 10.2. The highest BCUT2D eigenvalue weighted by molar-refractivity contribution is 7.80. The monoisotopic (exact) mass is 369 g/mol. The third-order valence-corrected chi connectivity index (χ3v) is 4.14. The molecule has 0 saturated heterocycles. The van der Waals surface area contributed by atoms with Crippen LogP contribution in [-0.4, -0.2) is 16.9 Å². The summed E-state index contributed by atoms with van der Waals surface area (Å²) in [4.78, 5) is 4.28. The number of hydrogen-bond donors (Lipinski definition) is 2. The van der Waals surface area contributed by atoms with Crippen LogP contribution in [-0.2, 0) is 6.54 Å². The van der Waals surface area contributed by atoms with Gasteiger partial charge in [-0.15, -0.1) is 0 Å². The summed E-state index contributed by atoms with van der Waals surface area (Å²) < 4.78 is 10.6. The predicted molar refractivity (Wildman–Crippen MR) is 94.6 cm³/mol. The molecule has 23 heavy (non-hydrogen) atoms. The third kappa shape index (κ3) is 3.77. The average Bonchev–Trinajstić information content (AvgIpc) is 2.98. The SMILES string of the molecule is Cc1nc(NC(=S)NCc2ccc3c(c2)OCO3)c(Cl)cc1Cl. The molecular formula is C15H13Cl2N3O2S. The first-order chi connectivity index (χ1) is 11.0. The third-order valence-electron chi connectivity index (χ3n) is 3.23. The van der Waals surface area contributed by atoms with Crippen molar-refractivity contribution < 1.29 is 9.47 Å². The maximum atomic E-state index is 6.10. The molecule has 0 amide bonds. The first kappa shape index (κ1) is 16.1. The van der Waals surface area contributed by atoms with Gasteiger partial charge in [0.2, 0.25) is 6.79 Å². The minimum Gasteiger partial charge on any atom is -0.454 e. The molecule has 2 N–H and O–H groups in total. The van der Waals surface area contributed by atoms with Gasteiger partial charge in [0.15, 0.2) is 22.4 Å². The lowest BCUT2D eigenvalue weighted by Gasteiger charge is -2.12. The van der Waals surface area contributed by atoms with E-state index in [4.69, 9.17) is 44.9 Å². The lowest BCUT2D eigenvalue weighted by Crippen LogP contribution is -2.28. The number of hydrogen-bond acceptors (Lipinski definition) is 4. The quantitative estimate of drug-likeness (QED) is 0.799. The highest BCUT2D eigenvalue weighted by Gasteiger charge is 2.13.